The molecule has 2 aromatic rings. The van der Waals surface area contributed by atoms with Gasteiger partial charge in [-0.1, -0.05) is 24.3 Å². The highest BCUT2D eigenvalue weighted by Gasteiger charge is 2.28. The van der Waals surface area contributed by atoms with E-state index in [9.17, 15) is 26.7 Å². The van der Waals surface area contributed by atoms with Crippen molar-refractivity contribution in [3.8, 4) is 0 Å². The topological polar surface area (TPSA) is 127 Å². The number of sulfone groups is 2. The maximum absolute atomic E-state index is 12.3. The molecule has 1 N–H and O–H groups in total. The molecule has 0 bridgehead atoms. The predicted octanol–water partition coefficient (Wildman–Crippen LogP) is 1.58. The summed E-state index contributed by atoms with van der Waals surface area (Å²) in [5.41, 5.74) is 0.821. The highest BCUT2D eigenvalue weighted by molar-refractivity contribution is 7.91. The molecule has 8 nitrogen and oxygen atoms in total. The van der Waals surface area contributed by atoms with Gasteiger partial charge in [0.25, 0.3) is 0 Å². The summed E-state index contributed by atoms with van der Waals surface area (Å²) in [7, 11) is -6.73. The van der Waals surface area contributed by atoms with Crippen LogP contribution in [0.2, 0.25) is 0 Å². The van der Waals surface area contributed by atoms with Crippen LogP contribution in [0.4, 0.5) is 0 Å². The van der Waals surface area contributed by atoms with Crippen LogP contribution in [0.15, 0.2) is 63.3 Å². The minimum Gasteiger partial charge on any atom is -0.464 e. The summed E-state index contributed by atoms with van der Waals surface area (Å²) in [4.78, 5) is 16.7. The van der Waals surface area contributed by atoms with Crippen LogP contribution < -0.4 is 0 Å². The van der Waals surface area contributed by atoms with Crippen LogP contribution in [0, 0.1) is 0 Å². The van der Waals surface area contributed by atoms with E-state index in [-0.39, 0.29) is 16.4 Å². The summed E-state index contributed by atoms with van der Waals surface area (Å²) in [6.45, 7) is 1.71. The summed E-state index contributed by atoms with van der Waals surface area (Å²) in [6.07, 6.45) is 2.13. The maximum atomic E-state index is 12.3. The second-order valence-corrected chi connectivity index (χ2v) is 10.6. The molecule has 2 rings (SSSR count). The first kappa shape index (κ1) is 23.7. The molecule has 10 heteroatoms. The standard InChI is InChI=1S/C20H23NO7S2/c1-4-28-20(23)18(19(22)15-7-11-17(12-8-15)30(3,26)27)21-13-14-5-9-16(10-6-14)29(2,24)25/h5-13,18-19,22H,4H2,1-3H3. The first-order valence-electron chi connectivity index (χ1n) is 8.91. The number of benzene rings is 2. The Balaban J connectivity index is 2.31. The van der Waals surface area contributed by atoms with E-state index < -0.39 is 37.8 Å². The van der Waals surface area contributed by atoms with Gasteiger partial charge in [-0.3, -0.25) is 4.99 Å². The molecule has 0 saturated heterocycles. The lowest BCUT2D eigenvalue weighted by molar-refractivity contribution is -0.147. The van der Waals surface area contributed by atoms with E-state index in [4.69, 9.17) is 4.74 Å². The van der Waals surface area contributed by atoms with Crippen LogP contribution in [0.25, 0.3) is 0 Å². The number of aliphatic hydroxyl groups is 1. The van der Waals surface area contributed by atoms with Crippen LogP contribution in [0.1, 0.15) is 24.2 Å². The minimum absolute atomic E-state index is 0.0839. The number of hydrogen-bond donors (Lipinski definition) is 1. The summed E-state index contributed by atoms with van der Waals surface area (Å²) in [6, 6.07) is 10.1. The third-order valence-electron chi connectivity index (χ3n) is 4.17. The molecule has 0 aliphatic carbocycles. The Hall–Kier alpha value is -2.56. The molecular weight excluding hydrogens is 430 g/mol. The fourth-order valence-electron chi connectivity index (χ4n) is 2.56. The summed E-state index contributed by atoms with van der Waals surface area (Å²) in [5, 5.41) is 10.7. The van der Waals surface area contributed by atoms with Gasteiger partial charge in [0, 0.05) is 18.7 Å². The third-order valence-corrected chi connectivity index (χ3v) is 6.43. The molecule has 0 heterocycles. The second-order valence-electron chi connectivity index (χ2n) is 6.60. The number of aliphatic hydroxyl groups excluding tert-OH is 1. The van der Waals surface area contributed by atoms with Crippen molar-refractivity contribution in [3.05, 3.63) is 59.7 Å². The second kappa shape index (κ2) is 9.50. The first-order chi connectivity index (χ1) is 13.9. The van der Waals surface area contributed by atoms with E-state index in [1.54, 1.807) is 6.92 Å². The number of aliphatic imine (C=N–C) groups is 1. The monoisotopic (exact) mass is 453 g/mol. The number of hydrogen-bond acceptors (Lipinski definition) is 8. The van der Waals surface area contributed by atoms with Crippen LogP contribution in [-0.4, -0.2) is 59.3 Å². The SMILES string of the molecule is CCOC(=O)C(N=Cc1ccc(S(C)(=O)=O)cc1)C(O)c1ccc(S(C)(=O)=O)cc1. The van der Waals surface area contributed by atoms with Crippen molar-refractivity contribution in [1.82, 2.24) is 0 Å². The normalized spacial score (nSPS) is 14.4. The van der Waals surface area contributed by atoms with Crippen molar-refractivity contribution in [3.63, 3.8) is 0 Å². The summed E-state index contributed by atoms with van der Waals surface area (Å²) in [5.74, 6) is -0.749. The zero-order valence-corrected chi connectivity index (χ0v) is 18.4. The van der Waals surface area contributed by atoms with Crippen molar-refractivity contribution in [2.45, 2.75) is 28.9 Å². The largest absolute Gasteiger partial charge is 0.464 e. The Morgan fingerprint density at radius 3 is 1.87 bits per heavy atom. The molecule has 2 unspecified atom stereocenters. The number of rotatable bonds is 8. The van der Waals surface area contributed by atoms with E-state index in [0.29, 0.717) is 11.1 Å². The molecule has 0 aliphatic rings. The van der Waals surface area contributed by atoms with Gasteiger partial charge in [-0.2, -0.15) is 0 Å². The highest BCUT2D eigenvalue weighted by Crippen LogP contribution is 2.22. The number of carbonyl (C=O) groups is 1. The maximum Gasteiger partial charge on any atom is 0.333 e. The van der Waals surface area contributed by atoms with Gasteiger partial charge in [-0.15, -0.1) is 0 Å². The Morgan fingerprint density at radius 2 is 1.43 bits per heavy atom. The van der Waals surface area contributed by atoms with Crippen LogP contribution in [0.5, 0.6) is 0 Å². The average Bonchev–Trinajstić information content (AvgIpc) is 2.67. The van der Waals surface area contributed by atoms with Crippen molar-refractivity contribution >= 4 is 31.9 Å². The molecule has 0 saturated carbocycles. The Labute approximate surface area is 176 Å². The zero-order valence-electron chi connectivity index (χ0n) is 16.7. The van der Waals surface area contributed by atoms with E-state index in [2.05, 4.69) is 4.99 Å². The van der Waals surface area contributed by atoms with Gasteiger partial charge >= 0.3 is 5.97 Å². The molecule has 0 spiro atoms. The van der Waals surface area contributed by atoms with E-state index in [1.165, 1.54) is 54.7 Å². The van der Waals surface area contributed by atoms with Gasteiger partial charge in [0.1, 0.15) is 6.10 Å². The lowest BCUT2D eigenvalue weighted by atomic mass is 10.0. The lowest BCUT2D eigenvalue weighted by Gasteiger charge is -2.18. The Bertz CT molecular complexity index is 1120. The lowest BCUT2D eigenvalue weighted by Crippen LogP contribution is -2.29. The van der Waals surface area contributed by atoms with Crippen LogP contribution in [0.3, 0.4) is 0 Å². The smallest absolute Gasteiger partial charge is 0.333 e. The Morgan fingerprint density at radius 1 is 0.967 bits per heavy atom. The number of carbonyl (C=O) groups excluding carboxylic acids is 1. The number of esters is 1. The van der Waals surface area contributed by atoms with E-state index in [0.717, 1.165) is 12.5 Å². The fraction of sp³-hybridized carbons (Fsp3) is 0.300. The van der Waals surface area contributed by atoms with E-state index in [1.807, 2.05) is 0 Å². The zero-order chi connectivity index (χ0) is 22.5. The molecular formula is C20H23NO7S2. The molecule has 0 aromatic heterocycles. The quantitative estimate of drug-likeness (QED) is 0.475. The first-order valence-corrected chi connectivity index (χ1v) is 12.7. The molecule has 30 heavy (non-hydrogen) atoms. The van der Waals surface area contributed by atoms with Gasteiger partial charge in [0.05, 0.1) is 16.4 Å². The third kappa shape index (κ3) is 6.22. The number of ether oxygens (including phenoxy) is 1. The Kier molecular flexibility index (Phi) is 7.51. The van der Waals surface area contributed by atoms with E-state index >= 15 is 0 Å². The van der Waals surface area contributed by atoms with Crippen molar-refractivity contribution in [2.24, 2.45) is 4.99 Å². The summed E-state index contributed by atoms with van der Waals surface area (Å²) < 4.78 is 51.2. The van der Waals surface area contributed by atoms with Gasteiger partial charge in [0.2, 0.25) is 0 Å². The van der Waals surface area contributed by atoms with Crippen LogP contribution in [-0.2, 0) is 29.2 Å². The van der Waals surface area contributed by atoms with Gasteiger partial charge in [0.15, 0.2) is 25.7 Å². The van der Waals surface area contributed by atoms with Gasteiger partial charge in [-0.25, -0.2) is 21.6 Å². The highest BCUT2D eigenvalue weighted by atomic mass is 32.2. The number of nitrogens with zero attached hydrogens (tertiary/aromatic N) is 1. The minimum atomic E-state index is -3.40. The van der Waals surface area contributed by atoms with Crippen molar-refractivity contribution in [2.75, 3.05) is 19.1 Å². The predicted molar refractivity (Wildman–Crippen MR) is 112 cm³/mol. The molecule has 0 aliphatic heterocycles. The molecule has 0 amide bonds. The van der Waals surface area contributed by atoms with Crippen molar-refractivity contribution < 1.29 is 31.5 Å². The molecule has 0 fully saturated rings. The van der Waals surface area contributed by atoms with Gasteiger partial charge in [-0.05, 0) is 42.3 Å². The molecule has 2 atom stereocenters. The molecule has 162 valence electrons. The van der Waals surface area contributed by atoms with Crippen molar-refractivity contribution in [1.29, 1.82) is 0 Å². The molecule has 0 radical (unpaired) electrons. The van der Waals surface area contributed by atoms with Gasteiger partial charge < -0.3 is 9.84 Å². The van der Waals surface area contributed by atoms with Crippen LogP contribution >= 0.6 is 0 Å². The fourth-order valence-corrected chi connectivity index (χ4v) is 3.82. The average molecular weight is 454 g/mol. The summed E-state index contributed by atoms with van der Waals surface area (Å²) >= 11 is 0. The molecule has 2 aromatic carbocycles.